The van der Waals surface area contributed by atoms with E-state index in [2.05, 4.69) is 0 Å². The Labute approximate surface area is 166 Å². The van der Waals surface area contributed by atoms with Crippen LogP contribution in [0.15, 0.2) is 65.3 Å². The molecule has 27 heavy (non-hydrogen) atoms. The Morgan fingerprint density at radius 1 is 1.19 bits per heavy atom. The molecule has 0 aliphatic rings. The third-order valence-electron chi connectivity index (χ3n) is 4.26. The third-order valence-corrected chi connectivity index (χ3v) is 5.51. The van der Waals surface area contributed by atoms with Gasteiger partial charge in [0.25, 0.3) is 0 Å². The Morgan fingerprint density at radius 3 is 2.74 bits per heavy atom. The molecule has 0 spiro atoms. The van der Waals surface area contributed by atoms with E-state index in [1.54, 1.807) is 11.2 Å². The number of anilines is 1. The van der Waals surface area contributed by atoms with Gasteiger partial charge >= 0.3 is 0 Å². The molecule has 0 radical (unpaired) electrons. The fourth-order valence-electron chi connectivity index (χ4n) is 2.94. The van der Waals surface area contributed by atoms with Gasteiger partial charge in [0.15, 0.2) is 5.13 Å². The number of aromatic nitrogens is 1. The van der Waals surface area contributed by atoms with Crippen molar-refractivity contribution in [3.63, 3.8) is 0 Å². The highest BCUT2D eigenvalue weighted by Gasteiger charge is 2.22. The molecule has 0 unspecified atom stereocenters. The topological polar surface area (TPSA) is 46.3 Å². The molecule has 4 rings (SSSR count). The van der Waals surface area contributed by atoms with Crippen molar-refractivity contribution in [2.45, 2.75) is 19.9 Å². The number of fused-ring (bicyclic) bond motifs is 1. The number of nitrogens with zero attached hydrogens (tertiary/aromatic N) is 2. The zero-order chi connectivity index (χ0) is 18.8. The van der Waals surface area contributed by atoms with Gasteiger partial charge in [0.05, 0.1) is 29.4 Å². The molecule has 4 nitrogen and oxygen atoms in total. The van der Waals surface area contributed by atoms with Crippen LogP contribution in [0.5, 0.6) is 0 Å². The summed E-state index contributed by atoms with van der Waals surface area (Å²) in [6.07, 6.45) is 1.91. The normalized spacial score (nSPS) is 11.0. The second kappa shape index (κ2) is 7.55. The first-order valence-electron chi connectivity index (χ1n) is 8.53. The summed E-state index contributed by atoms with van der Waals surface area (Å²) in [5, 5.41) is 1.32. The second-order valence-corrected chi connectivity index (χ2v) is 7.73. The smallest absolute Gasteiger partial charge is 0.233 e. The van der Waals surface area contributed by atoms with Crippen LogP contribution in [0, 0.1) is 6.92 Å². The van der Waals surface area contributed by atoms with Gasteiger partial charge in [-0.3, -0.25) is 9.69 Å². The summed E-state index contributed by atoms with van der Waals surface area (Å²) in [6, 6.07) is 17.2. The molecule has 6 heteroatoms. The zero-order valence-electron chi connectivity index (χ0n) is 14.7. The summed E-state index contributed by atoms with van der Waals surface area (Å²) in [5.41, 5.74) is 2.83. The molecule has 2 heterocycles. The lowest BCUT2D eigenvalue weighted by atomic mass is 10.1. The molecule has 0 N–H and O–H groups in total. The number of amides is 1. The maximum Gasteiger partial charge on any atom is 0.233 e. The summed E-state index contributed by atoms with van der Waals surface area (Å²) >= 11 is 7.64. The van der Waals surface area contributed by atoms with Gasteiger partial charge in [-0.1, -0.05) is 53.3 Å². The van der Waals surface area contributed by atoms with Crippen LogP contribution in [0.2, 0.25) is 5.02 Å². The summed E-state index contributed by atoms with van der Waals surface area (Å²) in [7, 11) is 0. The van der Waals surface area contributed by atoms with Crippen LogP contribution in [-0.4, -0.2) is 10.9 Å². The number of aryl methyl sites for hydroxylation is 1. The van der Waals surface area contributed by atoms with Gasteiger partial charge in [0.2, 0.25) is 5.91 Å². The summed E-state index contributed by atoms with van der Waals surface area (Å²) < 4.78 is 6.43. The average molecular weight is 397 g/mol. The molecule has 1 amide bonds. The molecular weight excluding hydrogens is 380 g/mol. The summed E-state index contributed by atoms with van der Waals surface area (Å²) in [5.74, 6) is 0.686. The Balaban J connectivity index is 1.71. The van der Waals surface area contributed by atoms with Crippen LogP contribution in [0.1, 0.15) is 16.9 Å². The first-order chi connectivity index (χ1) is 13.1. The molecule has 0 atom stereocenters. The molecule has 0 bridgehead atoms. The van der Waals surface area contributed by atoms with Crippen molar-refractivity contribution in [2.24, 2.45) is 0 Å². The number of hydrogen-bond acceptors (Lipinski definition) is 4. The minimum atomic E-state index is -0.0274. The minimum absolute atomic E-state index is 0.0274. The molecule has 0 aliphatic heterocycles. The van der Waals surface area contributed by atoms with Gasteiger partial charge in [0, 0.05) is 5.02 Å². The highest BCUT2D eigenvalue weighted by atomic mass is 35.5. The lowest BCUT2D eigenvalue weighted by Gasteiger charge is -2.18. The molecule has 0 saturated carbocycles. The van der Waals surface area contributed by atoms with Crippen molar-refractivity contribution in [2.75, 3.05) is 4.90 Å². The van der Waals surface area contributed by atoms with Crippen molar-refractivity contribution in [1.82, 2.24) is 4.98 Å². The third kappa shape index (κ3) is 3.89. The fourth-order valence-corrected chi connectivity index (χ4v) is 4.38. The van der Waals surface area contributed by atoms with Crippen LogP contribution in [0.4, 0.5) is 5.13 Å². The van der Waals surface area contributed by atoms with Crippen LogP contribution < -0.4 is 4.90 Å². The molecule has 4 aromatic rings. The number of rotatable bonds is 5. The Morgan fingerprint density at radius 2 is 2.00 bits per heavy atom. The zero-order valence-corrected chi connectivity index (χ0v) is 16.3. The van der Waals surface area contributed by atoms with Gasteiger partial charge in [0.1, 0.15) is 5.76 Å². The molecule has 0 aliphatic carbocycles. The van der Waals surface area contributed by atoms with E-state index in [0.717, 1.165) is 21.3 Å². The van der Waals surface area contributed by atoms with Crippen molar-refractivity contribution >= 4 is 44.2 Å². The maximum atomic E-state index is 13.1. The molecule has 136 valence electrons. The van der Waals surface area contributed by atoms with Crippen molar-refractivity contribution in [3.8, 4) is 0 Å². The van der Waals surface area contributed by atoms with E-state index in [-0.39, 0.29) is 5.91 Å². The monoisotopic (exact) mass is 396 g/mol. The van der Waals surface area contributed by atoms with Crippen molar-refractivity contribution in [3.05, 3.63) is 82.8 Å². The quantitative estimate of drug-likeness (QED) is 0.439. The van der Waals surface area contributed by atoms with Crippen LogP contribution >= 0.6 is 22.9 Å². The molecule has 0 saturated heterocycles. The Bertz CT molecular complexity index is 1070. The predicted octanol–water partition coefficient (Wildman–Crippen LogP) is 5.63. The minimum Gasteiger partial charge on any atom is -0.467 e. The molecule has 2 aromatic carbocycles. The molecular formula is C21H17ClN2O2S. The van der Waals surface area contributed by atoms with E-state index in [0.29, 0.717) is 28.9 Å². The fraction of sp³-hybridized carbons (Fsp3) is 0.143. The van der Waals surface area contributed by atoms with Gasteiger partial charge in [-0.05, 0) is 42.3 Å². The number of halogens is 1. The van der Waals surface area contributed by atoms with Gasteiger partial charge < -0.3 is 4.42 Å². The number of carbonyl (C=O) groups is 1. The average Bonchev–Trinajstić information content (AvgIpc) is 3.29. The Hall–Kier alpha value is -2.63. The lowest BCUT2D eigenvalue weighted by Crippen LogP contribution is -2.31. The summed E-state index contributed by atoms with van der Waals surface area (Å²) in [4.78, 5) is 19.5. The number of carbonyl (C=O) groups excluding carboxylic acids is 1. The van der Waals surface area contributed by atoms with Crippen LogP contribution in [0.25, 0.3) is 10.2 Å². The van der Waals surface area contributed by atoms with Gasteiger partial charge in [-0.25, -0.2) is 4.98 Å². The Kier molecular flexibility index (Phi) is 4.97. The van der Waals surface area contributed by atoms with Gasteiger partial charge in [-0.2, -0.15) is 0 Å². The van der Waals surface area contributed by atoms with Gasteiger partial charge in [-0.15, -0.1) is 0 Å². The first kappa shape index (κ1) is 17.8. The maximum absolute atomic E-state index is 13.1. The molecule has 2 aromatic heterocycles. The predicted molar refractivity (Wildman–Crippen MR) is 109 cm³/mol. The van der Waals surface area contributed by atoms with Crippen LogP contribution in [0.3, 0.4) is 0 Å². The number of hydrogen-bond donors (Lipinski definition) is 0. The second-order valence-electron chi connectivity index (χ2n) is 6.29. The van der Waals surface area contributed by atoms with E-state index in [9.17, 15) is 4.79 Å². The summed E-state index contributed by atoms with van der Waals surface area (Å²) in [6.45, 7) is 2.31. The van der Waals surface area contributed by atoms with Crippen LogP contribution in [-0.2, 0) is 17.8 Å². The van der Waals surface area contributed by atoms with Crippen molar-refractivity contribution in [1.29, 1.82) is 0 Å². The highest BCUT2D eigenvalue weighted by molar-refractivity contribution is 7.22. The lowest BCUT2D eigenvalue weighted by molar-refractivity contribution is -0.118. The number of furan rings is 1. The number of benzene rings is 2. The standard InChI is InChI=1S/C21H17ClN2O2S/c1-14-10-16(22)12-18-20(14)23-21(27-18)24(13-17-8-5-9-26-17)19(25)11-15-6-3-2-4-7-15/h2-10,12H,11,13H2,1H3. The van der Waals surface area contributed by atoms with E-state index in [1.165, 1.54) is 11.3 Å². The molecule has 0 fully saturated rings. The van der Waals surface area contributed by atoms with E-state index in [4.69, 9.17) is 21.0 Å². The van der Waals surface area contributed by atoms with Crippen molar-refractivity contribution < 1.29 is 9.21 Å². The van der Waals surface area contributed by atoms with E-state index >= 15 is 0 Å². The first-order valence-corrected chi connectivity index (χ1v) is 9.73. The van der Waals surface area contributed by atoms with E-state index < -0.39 is 0 Å². The van der Waals surface area contributed by atoms with E-state index in [1.807, 2.05) is 61.5 Å². The largest absolute Gasteiger partial charge is 0.467 e. The highest BCUT2D eigenvalue weighted by Crippen LogP contribution is 2.34. The number of thiazole rings is 1. The SMILES string of the molecule is Cc1cc(Cl)cc2sc(N(Cc3ccco3)C(=O)Cc3ccccc3)nc12.